The zero-order valence-electron chi connectivity index (χ0n) is 14.5. The minimum Gasteiger partial charge on any atom is -0.353 e. The minimum atomic E-state index is -4.63. The Morgan fingerprint density at radius 1 is 1.00 bits per heavy atom. The number of imidazole rings is 1. The Hall–Kier alpha value is -2.98. The van der Waals surface area contributed by atoms with Crippen molar-refractivity contribution in [2.75, 3.05) is 36.0 Å². The van der Waals surface area contributed by atoms with E-state index < -0.39 is 12.0 Å². The number of H-pyrrole nitrogens is 1. The van der Waals surface area contributed by atoms with Crippen molar-refractivity contribution in [3.05, 3.63) is 30.0 Å². The molecule has 1 N–H and O–H groups in total. The number of aryl methyl sites for hydroxylation is 1. The van der Waals surface area contributed by atoms with Gasteiger partial charge in [0.1, 0.15) is 5.52 Å². The molecule has 1 saturated heterocycles. The van der Waals surface area contributed by atoms with Crippen LogP contribution < -0.4 is 9.80 Å². The zero-order valence-corrected chi connectivity index (χ0v) is 14.5. The number of nitrogens with one attached hydrogen (secondary N) is 1. The average molecular weight is 378 g/mol. The highest BCUT2D eigenvalue weighted by Gasteiger charge is 2.36. The lowest BCUT2D eigenvalue weighted by Crippen LogP contribution is -2.32. The molecule has 0 radical (unpaired) electrons. The summed E-state index contributed by atoms with van der Waals surface area (Å²) >= 11 is 0. The van der Waals surface area contributed by atoms with Crippen molar-refractivity contribution >= 4 is 22.8 Å². The Kier molecular flexibility index (Phi) is 4.28. The van der Waals surface area contributed by atoms with Crippen LogP contribution in [0.3, 0.4) is 0 Å². The van der Waals surface area contributed by atoms with Gasteiger partial charge in [-0.3, -0.25) is 0 Å². The third-order valence-corrected chi connectivity index (χ3v) is 4.42. The van der Waals surface area contributed by atoms with E-state index in [1.165, 1.54) is 6.33 Å². The summed E-state index contributed by atoms with van der Waals surface area (Å²) < 4.78 is 39.5. The van der Waals surface area contributed by atoms with Crippen molar-refractivity contribution in [1.82, 2.24) is 30.1 Å². The monoisotopic (exact) mass is 378 g/mol. The first-order valence-corrected chi connectivity index (χ1v) is 8.50. The lowest BCUT2D eigenvalue weighted by Gasteiger charge is -2.23. The second kappa shape index (κ2) is 6.63. The number of hydrogen-bond acceptors (Lipinski definition) is 7. The van der Waals surface area contributed by atoms with Crippen LogP contribution in [0.5, 0.6) is 0 Å². The van der Waals surface area contributed by atoms with Gasteiger partial charge >= 0.3 is 6.18 Å². The maximum absolute atomic E-state index is 13.2. The Morgan fingerprint density at radius 2 is 1.78 bits per heavy atom. The van der Waals surface area contributed by atoms with Gasteiger partial charge in [-0.05, 0) is 25.5 Å². The Bertz CT molecular complexity index is 937. The fraction of sp³-hybridized carbons (Fsp3) is 0.438. The molecule has 0 aromatic carbocycles. The summed E-state index contributed by atoms with van der Waals surface area (Å²) in [6.45, 7) is 4.26. The van der Waals surface area contributed by atoms with Gasteiger partial charge in [0.25, 0.3) is 0 Å². The number of alkyl halides is 3. The molecule has 0 unspecified atom stereocenters. The summed E-state index contributed by atoms with van der Waals surface area (Å²) in [5, 5.41) is 8.27. The number of hydrogen-bond donors (Lipinski definition) is 1. The summed E-state index contributed by atoms with van der Waals surface area (Å²) in [6.07, 6.45) is -2.55. The molecule has 27 heavy (non-hydrogen) atoms. The smallest absolute Gasteiger partial charge is 0.353 e. The molecular formula is C16H17F3N8. The first kappa shape index (κ1) is 17.4. The lowest BCUT2D eigenvalue weighted by molar-refractivity contribution is -0.144. The standard InChI is InChI=1S/C16H17F3N8/c1-10-3-4-11(25-24-10)26-5-2-6-27(8-7-26)14-12-13(21-9-20-12)22-15(23-14)16(17,18)19/h3-4,9H,2,5-8H2,1H3,(H,20,21,22,23). The molecule has 11 heteroatoms. The molecule has 0 bridgehead atoms. The van der Waals surface area contributed by atoms with Gasteiger partial charge in [-0.25, -0.2) is 15.0 Å². The molecule has 1 aliphatic rings. The molecule has 8 nitrogen and oxygen atoms in total. The Balaban J connectivity index is 1.62. The SMILES string of the molecule is Cc1ccc(N2CCCN(c3nc(C(F)(F)F)nc4nc[nH]c34)CC2)nn1. The highest BCUT2D eigenvalue weighted by atomic mass is 19.4. The Labute approximate surface area is 152 Å². The molecule has 3 aromatic rings. The molecule has 0 atom stereocenters. The van der Waals surface area contributed by atoms with Crippen LogP contribution in [0.25, 0.3) is 11.2 Å². The van der Waals surface area contributed by atoms with Crippen LogP contribution in [0.2, 0.25) is 0 Å². The number of fused-ring (bicyclic) bond motifs is 1. The van der Waals surface area contributed by atoms with E-state index in [0.29, 0.717) is 25.2 Å². The first-order chi connectivity index (χ1) is 12.9. The van der Waals surface area contributed by atoms with Gasteiger partial charge in [0, 0.05) is 26.2 Å². The molecule has 1 aliphatic heterocycles. The summed E-state index contributed by atoms with van der Waals surface area (Å²) in [4.78, 5) is 18.0. The van der Waals surface area contributed by atoms with Crippen LogP contribution in [0, 0.1) is 6.92 Å². The largest absolute Gasteiger partial charge is 0.451 e. The third-order valence-electron chi connectivity index (χ3n) is 4.42. The predicted molar refractivity (Wildman–Crippen MR) is 92.5 cm³/mol. The number of aromatic amines is 1. The van der Waals surface area contributed by atoms with E-state index in [4.69, 9.17) is 0 Å². The van der Waals surface area contributed by atoms with Crippen LogP contribution in [0.1, 0.15) is 17.9 Å². The van der Waals surface area contributed by atoms with Gasteiger partial charge < -0.3 is 14.8 Å². The van der Waals surface area contributed by atoms with Crippen LogP contribution in [0.4, 0.5) is 24.8 Å². The van der Waals surface area contributed by atoms with E-state index in [1.807, 2.05) is 24.0 Å². The number of anilines is 2. The minimum absolute atomic E-state index is 0.0119. The van der Waals surface area contributed by atoms with Crippen LogP contribution in [-0.2, 0) is 6.18 Å². The summed E-state index contributed by atoms with van der Waals surface area (Å²) in [7, 11) is 0. The summed E-state index contributed by atoms with van der Waals surface area (Å²) in [6, 6.07) is 3.79. The maximum atomic E-state index is 13.2. The topological polar surface area (TPSA) is 86.7 Å². The van der Waals surface area contributed by atoms with Gasteiger partial charge in [-0.1, -0.05) is 0 Å². The highest BCUT2D eigenvalue weighted by molar-refractivity contribution is 5.83. The van der Waals surface area contributed by atoms with E-state index >= 15 is 0 Å². The van der Waals surface area contributed by atoms with Gasteiger partial charge in [-0.2, -0.15) is 18.3 Å². The predicted octanol–water partition coefficient (Wildman–Crippen LogP) is 2.19. The quantitative estimate of drug-likeness (QED) is 0.731. The van der Waals surface area contributed by atoms with Crippen molar-refractivity contribution < 1.29 is 13.2 Å². The second-order valence-corrected chi connectivity index (χ2v) is 6.33. The van der Waals surface area contributed by atoms with Crippen molar-refractivity contribution in [3.63, 3.8) is 0 Å². The van der Waals surface area contributed by atoms with Gasteiger partial charge in [0.2, 0.25) is 5.82 Å². The third kappa shape index (κ3) is 3.49. The summed E-state index contributed by atoms with van der Waals surface area (Å²) in [5.74, 6) is -0.197. The van der Waals surface area contributed by atoms with Gasteiger partial charge in [0.05, 0.1) is 12.0 Å². The highest BCUT2D eigenvalue weighted by Crippen LogP contribution is 2.31. The Morgan fingerprint density at radius 3 is 2.52 bits per heavy atom. The van der Waals surface area contributed by atoms with E-state index in [0.717, 1.165) is 24.5 Å². The molecule has 0 amide bonds. The van der Waals surface area contributed by atoms with Gasteiger partial charge in [0.15, 0.2) is 17.3 Å². The molecule has 4 rings (SSSR count). The van der Waals surface area contributed by atoms with E-state index in [9.17, 15) is 13.2 Å². The summed E-state index contributed by atoms with van der Waals surface area (Å²) in [5.41, 5.74) is 1.25. The number of rotatable bonds is 2. The maximum Gasteiger partial charge on any atom is 0.451 e. The fourth-order valence-electron chi connectivity index (χ4n) is 3.09. The number of halogens is 3. The van der Waals surface area contributed by atoms with E-state index in [-0.39, 0.29) is 11.5 Å². The average Bonchev–Trinajstić information content (AvgIpc) is 2.98. The zero-order chi connectivity index (χ0) is 19.0. The molecule has 0 saturated carbocycles. The number of nitrogens with zero attached hydrogens (tertiary/aromatic N) is 7. The van der Waals surface area contributed by atoms with Crippen LogP contribution >= 0.6 is 0 Å². The van der Waals surface area contributed by atoms with E-state index in [2.05, 4.69) is 35.0 Å². The van der Waals surface area contributed by atoms with Gasteiger partial charge in [-0.15, -0.1) is 5.10 Å². The molecule has 4 heterocycles. The molecular weight excluding hydrogens is 361 g/mol. The van der Waals surface area contributed by atoms with Crippen molar-refractivity contribution in [1.29, 1.82) is 0 Å². The molecule has 0 aliphatic carbocycles. The lowest BCUT2D eigenvalue weighted by atomic mass is 10.3. The van der Waals surface area contributed by atoms with Crippen molar-refractivity contribution in [2.45, 2.75) is 19.5 Å². The van der Waals surface area contributed by atoms with Crippen LogP contribution in [-0.4, -0.2) is 56.3 Å². The molecule has 0 spiro atoms. The van der Waals surface area contributed by atoms with Crippen LogP contribution in [0.15, 0.2) is 18.5 Å². The molecule has 3 aromatic heterocycles. The first-order valence-electron chi connectivity index (χ1n) is 8.50. The second-order valence-electron chi connectivity index (χ2n) is 6.33. The molecule has 142 valence electrons. The number of aromatic nitrogens is 6. The van der Waals surface area contributed by atoms with E-state index in [1.54, 1.807) is 0 Å². The normalized spacial score (nSPS) is 16.0. The molecule has 1 fully saturated rings. The van der Waals surface area contributed by atoms with Crippen molar-refractivity contribution in [2.24, 2.45) is 0 Å². The van der Waals surface area contributed by atoms with Crippen molar-refractivity contribution in [3.8, 4) is 0 Å². The fourth-order valence-corrected chi connectivity index (χ4v) is 3.09.